The van der Waals surface area contributed by atoms with E-state index in [0.29, 0.717) is 16.3 Å². The van der Waals surface area contributed by atoms with E-state index in [2.05, 4.69) is 0 Å². The summed E-state index contributed by atoms with van der Waals surface area (Å²) in [5, 5.41) is 0.588. The Hall–Kier alpha value is -1.45. The number of hydrogen-bond donors (Lipinski definition) is 0. The van der Waals surface area contributed by atoms with Gasteiger partial charge in [-0.1, -0.05) is 23.7 Å². The molecule has 0 unspecified atom stereocenters. The first-order chi connectivity index (χ1) is 8.70. The van der Waals surface area contributed by atoms with Crippen molar-refractivity contribution in [2.75, 3.05) is 7.11 Å². The smallest absolute Gasteiger partial charge is 0.224 e. The maximum absolute atomic E-state index is 12.1. The van der Waals surface area contributed by atoms with E-state index in [1.165, 1.54) is 0 Å². The molecule has 4 heteroatoms. The van der Waals surface area contributed by atoms with Crippen LogP contribution in [0.1, 0.15) is 10.4 Å². The number of halogens is 1. The van der Waals surface area contributed by atoms with Crippen LogP contribution in [0, 0.1) is 0 Å². The van der Waals surface area contributed by atoms with Crippen molar-refractivity contribution in [1.29, 1.82) is 0 Å². The molecule has 0 saturated carbocycles. The summed E-state index contributed by atoms with van der Waals surface area (Å²) in [4.78, 5) is 12.9. The lowest BCUT2D eigenvalue weighted by molar-refractivity contribution is 0.108. The Labute approximate surface area is 115 Å². The average Bonchev–Trinajstić information content (AvgIpc) is 2.40. The molecule has 0 fully saturated rings. The molecule has 92 valence electrons. The molecule has 0 aromatic heterocycles. The van der Waals surface area contributed by atoms with E-state index in [9.17, 15) is 4.79 Å². The fraction of sp³-hybridized carbons (Fsp3) is 0.0714. The number of carbonyl (C=O) groups excluding carboxylic acids is 1. The molecule has 0 aliphatic heterocycles. The summed E-state index contributed by atoms with van der Waals surface area (Å²) in [5.41, 5.74) is 0.621. The SMILES string of the molecule is COc1ccccc1SC(=O)c1ccc(Cl)cc1. The van der Waals surface area contributed by atoms with Crippen LogP contribution in [0.3, 0.4) is 0 Å². The van der Waals surface area contributed by atoms with Gasteiger partial charge in [-0.15, -0.1) is 0 Å². The zero-order valence-electron chi connectivity index (χ0n) is 9.72. The second-order valence-corrected chi connectivity index (χ2v) is 5.00. The summed E-state index contributed by atoms with van der Waals surface area (Å²) in [6.45, 7) is 0. The molecule has 0 atom stereocenters. The minimum absolute atomic E-state index is 0.0313. The molecule has 2 aromatic rings. The molecule has 18 heavy (non-hydrogen) atoms. The van der Waals surface area contributed by atoms with Crippen molar-refractivity contribution < 1.29 is 9.53 Å². The zero-order valence-corrected chi connectivity index (χ0v) is 11.3. The van der Waals surface area contributed by atoms with Gasteiger partial charge in [0.25, 0.3) is 0 Å². The summed E-state index contributed by atoms with van der Waals surface area (Å²) in [6.07, 6.45) is 0. The van der Waals surface area contributed by atoms with Crippen molar-refractivity contribution in [3.8, 4) is 5.75 Å². The molecule has 0 spiro atoms. The van der Waals surface area contributed by atoms with Crippen LogP contribution < -0.4 is 4.74 Å². The lowest BCUT2D eigenvalue weighted by Crippen LogP contribution is -1.94. The Morgan fingerprint density at radius 2 is 1.78 bits per heavy atom. The van der Waals surface area contributed by atoms with Crippen LogP contribution in [0.15, 0.2) is 53.4 Å². The summed E-state index contributed by atoms with van der Waals surface area (Å²) in [6, 6.07) is 14.3. The number of benzene rings is 2. The molecule has 0 saturated heterocycles. The third-order valence-electron chi connectivity index (χ3n) is 2.35. The summed E-state index contributed by atoms with van der Waals surface area (Å²) >= 11 is 6.93. The molecule has 0 aliphatic rings. The van der Waals surface area contributed by atoms with Gasteiger partial charge < -0.3 is 4.74 Å². The molecule has 0 N–H and O–H groups in total. The zero-order chi connectivity index (χ0) is 13.0. The molecule has 0 radical (unpaired) electrons. The first-order valence-electron chi connectivity index (χ1n) is 5.31. The fourth-order valence-electron chi connectivity index (χ4n) is 1.45. The van der Waals surface area contributed by atoms with Gasteiger partial charge in [0.05, 0.1) is 12.0 Å². The van der Waals surface area contributed by atoms with Gasteiger partial charge >= 0.3 is 0 Å². The van der Waals surface area contributed by atoms with Crippen molar-refractivity contribution in [3.05, 3.63) is 59.1 Å². The Morgan fingerprint density at radius 3 is 2.44 bits per heavy atom. The monoisotopic (exact) mass is 278 g/mol. The highest BCUT2D eigenvalue weighted by atomic mass is 35.5. The van der Waals surface area contributed by atoms with Crippen LogP contribution in [0.2, 0.25) is 5.02 Å². The van der Waals surface area contributed by atoms with Gasteiger partial charge in [0.15, 0.2) is 0 Å². The first kappa shape index (κ1) is 13.0. The lowest BCUT2D eigenvalue weighted by Gasteiger charge is -2.06. The van der Waals surface area contributed by atoms with E-state index < -0.39 is 0 Å². The van der Waals surface area contributed by atoms with Crippen LogP contribution >= 0.6 is 23.4 Å². The predicted molar refractivity (Wildman–Crippen MR) is 74.6 cm³/mol. The lowest BCUT2D eigenvalue weighted by atomic mass is 10.2. The average molecular weight is 279 g/mol. The molecule has 2 aromatic carbocycles. The Bertz CT molecular complexity index is 552. The Morgan fingerprint density at radius 1 is 1.11 bits per heavy atom. The van der Waals surface area contributed by atoms with E-state index in [1.54, 1.807) is 31.4 Å². The maximum Gasteiger partial charge on any atom is 0.224 e. The number of methoxy groups -OCH3 is 1. The van der Waals surface area contributed by atoms with Crippen molar-refractivity contribution >= 4 is 28.5 Å². The van der Waals surface area contributed by atoms with Gasteiger partial charge in [-0.05, 0) is 48.2 Å². The number of carbonyl (C=O) groups is 1. The van der Waals surface area contributed by atoms with Crippen LogP contribution in [-0.4, -0.2) is 12.2 Å². The molecular formula is C14H11ClO2S. The normalized spacial score (nSPS) is 10.1. The topological polar surface area (TPSA) is 26.3 Å². The van der Waals surface area contributed by atoms with Gasteiger partial charge in [0, 0.05) is 10.6 Å². The van der Waals surface area contributed by atoms with E-state index in [0.717, 1.165) is 16.7 Å². The largest absolute Gasteiger partial charge is 0.496 e. The summed E-state index contributed by atoms with van der Waals surface area (Å²) in [7, 11) is 1.59. The van der Waals surface area contributed by atoms with Gasteiger partial charge in [0.1, 0.15) is 5.75 Å². The molecule has 0 amide bonds. The van der Waals surface area contributed by atoms with Gasteiger partial charge in [-0.2, -0.15) is 0 Å². The van der Waals surface area contributed by atoms with Gasteiger partial charge in [0.2, 0.25) is 5.12 Å². The standard InChI is InChI=1S/C14H11ClO2S/c1-17-12-4-2-3-5-13(12)18-14(16)10-6-8-11(15)9-7-10/h2-9H,1H3. The maximum atomic E-state index is 12.1. The van der Waals surface area contributed by atoms with Crippen molar-refractivity contribution in [3.63, 3.8) is 0 Å². The second kappa shape index (κ2) is 5.94. The highest BCUT2D eigenvalue weighted by Gasteiger charge is 2.11. The molecule has 0 bridgehead atoms. The highest BCUT2D eigenvalue weighted by Crippen LogP contribution is 2.31. The number of para-hydroxylation sites is 1. The number of hydrogen-bond acceptors (Lipinski definition) is 3. The number of thioether (sulfide) groups is 1. The van der Waals surface area contributed by atoms with Crippen molar-refractivity contribution in [2.45, 2.75) is 4.90 Å². The molecule has 0 heterocycles. The molecule has 0 aliphatic carbocycles. The van der Waals surface area contributed by atoms with Crippen LogP contribution in [0.25, 0.3) is 0 Å². The van der Waals surface area contributed by atoms with Crippen LogP contribution in [0.5, 0.6) is 5.75 Å². The number of ether oxygens (including phenoxy) is 1. The van der Waals surface area contributed by atoms with E-state index in [4.69, 9.17) is 16.3 Å². The predicted octanol–water partition coefficient (Wildman–Crippen LogP) is 4.28. The van der Waals surface area contributed by atoms with Crippen molar-refractivity contribution in [2.24, 2.45) is 0 Å². The Kier molecular flexibility index (Phi) is 4.28. The highest BCUT2D eigenvalue weighted by molar-refractivity contribution is 8.14. The third kappa shape index (κ3) is 3.06. The first-order valence-corrected chi connectivity index (χ1v) is 6.51. The minimum Gasteiger partial charge on any atom is -0.496 e. The summed E-state index contributed by atoms with van der Waals surface area (Å²) in [5.74, 6) is 0.699. The molecular weight excluding hydrogens is 268 g/mol. The molecule has 2 rings (SSSR count). The van der Waals surface area contributed by atoms with E-state index in [-0.39, 0.29) is 5.12 Å². The second-order valence-electron chi connectivity index (χ2n) is 3.55. The third-order valence-corrected chi connectivity index (χ3v) is 3.58. The summed E-state index contributed by atoms with van der Waals surface area (Å²) < 4.78 is 5.21. The number of rotatable bonds is 3. The van der Waals surface area contributed by atoms with Gasteiger partial charge in [-0.25, -0.2) is 0 Å². The minimum atomic E-state index is -0.0313. The van der Waals surface area contributed by atoms with Gasteiger partial charge in [-0.3, -0.25) is 4.79 Å². The van der Waals surface area contributed by atoms with Crippen LogP contribution in [0.4, 0.5) is 0 Å². The fourth-order valence-corrected chi connectivity index (χ4v) is 2.43. The molecule has 2 nitrogen and oxygen atoms in total. The van der Waals surface area contributed by atoms with Crippen molar-refractivity contribution in [1.82, 2.24) is 0 Å². The Balaban J connectivity index is 2.18. The quantitative estimate of drug-likeness (QED) is 0.784. The van der Waals surface area contributed by atoms with E-state index >= 15 is 0 Å². The van der Waals surface area contributed by atoms with E-state index in [1.807, 2.05) is 24.3 Å². The van der Waals surface area contributed by atoms with Crippen LogP contribution in [-0.2, 0) is 0 Å².